The second kappa shape index (κ2) is 5.92. The highest BCUT2D eigenvalue weighted by molar-refractivity contribution is 5.79. The normalized spacial score (nSPS) is 15.2. The van der Waals surface area contributed by atoms with Crippen molar-refractivity contribution in [1.82, 2.24) is 4.98 Å². The minimum Gasteiger partial charge on any atom is -0.324 e. The van der Waals surface area contributed by atoms with E-state index in [1.165, 1.54) is 17.4 Å². The van der Waals surface area contributed by atoms with Gasteiger partial charge in [-0.1, -0.05) is 39.8 Å². The Morgan fingerprint density at radius 1 is 1.20 bits per heavy atom. The molecule has 2 unspecified atom stereocenters. The Hall–Kier alpha value is -1.41. The lowest BCUT2D eigenvalue weighted by Crippen LogP contribution is -2.18. The van der Waals surface area contributed by atoms with Crippen LogP contribution in [0.15, 0.2) is 36.5 Å². The van der Waals surface area contributed by atoms with Crippen molar-refractivity contribution in [2.24, 2.45) is 17.1 Å². The van der Waals surface area contributed by atoms with Crippen molar-refractivity contribution >= 4 is 10.9 Å². The van der Waals surface area contributed by atoms with Gasteiger partial charge in [0.05, 0.1) is 5.52 Å². The molecule has 2 N–H and O–H groups in total. The Labute approximate surface area is 122 Å². The van der Waals surface area contributed by atoms with E-state index in [2.05, 4.69) is 56.9 Å². The van der Waals surface area contributed by atoms with Crippen LogP contribution in [0.4, 0.5) is 0 Å². The zero-order valence-corrected chi connectivity index (χ0v) is 13.1. The molecule has 0 aliphatic rings. The van der Waals surface area contributed by atoms with Crippen molar-refractivity contribution in [2.75, 3.05) is 0 Å². The van der Waals surface area contributed by atoms with Crippen molar-refractivity contribution in [2.45, 2.75) is 46.6 Å². The van der Waals surface area contributed by atoms with Gasteiger partial charge in [-0.25, -0.2) is 0 Å². The van der Waals surface area contributed by atoms with Gasteiger partial charge in [0.25, 0.3) is 0 Å². The topological polar surface area (TPSA) is 38.9 Å². The molecule has 108 valence electrons. The SMILES string of the molecule is CC(CC(N)c1ccc2ncccc2c1)CC(C)(C)C. The average Bonchev–Trinajstić information content (AvgIpc) is 2.35. The summed E-state index contributed by atoms with van der Waals surface area (Å²) in [5, 5.41) is 1.17. The predicted molar refractivity (Wildman–Crippen MR) is 86.5 cm³/mol. The molecule has 2 heteroatoms. The summed E-state index contributed by atoms with van der Waals surface area (Å²) >= 11 is 0. The summed E-state index contributed by atoms with van der Waals surface area (Å²) in [6.45, 7) is 9.16. The maximum Gasteiger partial charge on any atom is 0.0702 e. The van der Waals surface area contributed by atoms with Crippen LogP contribution in [0.2, 0.25) is 0 Å². The minimum atomic E-state index is 0.108. The number of nitrogens with zero attached hydrogens (tertiary/aromatic N) is 1. The molecule has 0 radical (unpaired) electrons. The minimum absolute atomic E-state index is 0.108. The molecule has 2 rings (SSSR count). The number of pyridine rings is 1. The van der Waals surface area contributed by atoms with Crippen molar-refractivity contribution in [3.63, 3.8) is 0 Å². The average molecular weight is 270 g/mol. The molecule has 0 aliphatic carbocycles. The summed E-state index contributed by atoms with van der Waals surface area (Å²) in [6, 6.07) is 10.5. The lowest BCUT2D eigenvalue weighted by molar-refractivity contribution is 0.286. The van der Waals surface area contributed by atoms with E-state index < -0.39 is 0 Å². The van der Waals surface area contributed by atoms with Gasteiger partial charge < -0.3 is 5.73 Å². The molecule has 0 saturated heterocycles. The third kappa shape index (κ3) is 4.04. The maximum absolute atomic E-state index is 6.39. The molecule has 2 atom stereocenters. The van der Waals surface area contributed by atoms with Crippen molar-refractivity contribution in [3.8, 4) is 0 Å². The van der Waals surface area contributed by atoms with E-state index in [9.17, 15) is 0 Å². The first kappa shape index (κ1) is 15.0. The van der Waals surface area contributed by atoms with E-state index in [1.807, 2.05) is 12.3 Å². The smallest absolute Gasteiger partial charge is 0.0702 e. The first-order valence-corrected chi connectivity index (χ1v) is 7.45. The van der Waals surface area contributed by atoms with Gasteiger partial charge >= 0.3 is 0 Å². The fourth-order valence-electron chi connectivity index (χ4n) is 3.02. The highest BCUT2D eigenvalue weighted by atomic mass is 14.7. The van der Waals surface area contributed by atoms with E-state index in [-0.39, 0.29) is 6.04 Å². The highest BCUT2D eigenvalue weighted by Gasteiger charge is 2.18. The molecule has 0 bridgehead atoms. The largest absolute Gasteiger partial charge is 0.324 e. The Morgan fingerprint density at radius 2 is 1.95 bits per heavy atom. The van der Waals surface area contributed by atoms with Gasteiger partial charge in [0.15, 0.2) is 0 Å². The first-order valence-electron chi connectivity index (χ1n) is 7.45. The fourth-order valence-corrected chi connectivity index (χ4v) is 3.02. The lowest BCUT2D eigenvalue weighted by atomic mass is 9.82. The van der Waals surface area contributed by atoms with Crippen LogP contribution >= 0.6 is 0 Å². The molecule has 1 aromatic heterocycles. The van der Waals surface area contributed by atoms with Gasteiger partial charge in [-0.2, -0.15) is 0 Å². The van der Waals surface area contributed by atoms with Crippen LogP contribution in [0, 0.1) is 11.3 Å². The summed E-state index contributed by atoms with van der Waals surface area (Å²) in [5.74, 6) is 0.634. The zero-order valence-electron chi connectivity index (χ0n) is 13.1. The Bertz CT molecular complexity index is 569. The molecule has 1 heterocycles. The monoisotopic (exact) mass is 270 g/mol. The molecular weight excluding hydrogens is 244 g/mol. The highest BCUT2D eigenvalue weighted by Crippen LogP contribution is 2.30. The van der Waals surface area contributed by atoms with Gasteiger partial charge in [0.1, 0.15) is 0 Å². The summed E-state index contributed by atoms with van der Waals surface area (Å²) in [7, 11) is 0. The number of fused-ring (bicyclic) bond motifs is 1. The molecule has 1 aromatic carbocycles. The second-order valence-corrected chi connectivity index (χ2v) is 7.17. The molecule has 0 amide bonds. The van der Waals surface area contributed by atoms with E-state index in [0.29, 0.717) is 11.3 Å². The standard InChI is InChI=1S/C18H26N2/c1-13(12-18(2,3)4)10-16(19)14-7-8-17-15(11-14)6-5-9-20-17/h5-9,11,13,16H,10,12,19H2,1-4H3. The van der Waals surface area contributed by atoms with Gasteiger partial charge in [0, 0.05) is 17.6 Å². The second-order valence-electron chi connectivity index (χ2n) is 7.17. The molecule has 0 aliphatic heterocycles. The van der Waals surface area contributed by atoms with E-state index in [4.69, 9.17) is 5.73 Å². The third-order valence-corrected chi connectivity index (χ3v) is 3.67. The van der Waals surface area contributed by atoms with Crippen molar-refractivity contribution in [1.29, 1.82) is 0 Å². The molecule has 2 nitrogen and oxygen atoms in total. The molecule has 2 aromatic rings. The first-order chi connectivity index (χ1) is 9.35. The number of hydrogen-bond acceptors (Lipinski definition) is 2. The predicted octanol–water partition coefficient (Wildman–Crippen LogP) is 4.70. The number of aromatic nitrogens is 1. The zero-order chi connectivity index (χ0) is 14.8. The summed E-state index contributed by atoms with van der Waals surface area (Å²) in [4.78, 5) is 4.35. The molecular formula is C18H26N2. The number of rotatable bonds is 4. The van der Waals surface area contributed by atoms with E-state index in [0.717, 1.165) is 11.9 Å². The van der Waals surface area contributed by atoms with Gasteiger partial charge in [-0.05, 0) is 47.9 Å². The van der Waals surface area contributed by atoms with Crippen LogP contribution in [-0.2, 0) is 0 Å². The van der Waals surface area contributed by atoms with Gasteiger partial charge in [-0.15, -0.1) is 0 Å². The van der Waals surface area contributed by atoms with Crippen molar-refractivity contribution < 1.29 is 0 Å². The van der Waals surface area contributed by atoms with Crippen LogP contribution in [0.3, 0.4) is 0 Å². The fraction of sp³-hybridized carbons (Fsp3) is 0.500. The Kier molecular flexibility index (Phi) is 4.44. The molecule has 0 spiro atoms. The number of nitrogens with two attached hydrogens (primary N) is 1. The van der Waals surface area contributed by atoms with E-state index in [1.54, 1.807) is 0 Å². The van der Waals surface area contributed by atoms with Crippen molar-refractivity contribution in [3.05, 3.63) is 42.1 Å². The summed E-state index contributed by atoms with van der Waals surface area (Å²) in [6.07, 6.45) is 4.06. The van der Waals surface area contributed by atoms with Crippen LogP contribution in [0.1, 0.15) is 52.1 Å². The molecule has 0 saturated carbocycles. The number of hydrogen-bond donors (Lipinski definition) is 1. The molecule has 0 fully saturated rings. The van der Waals surface area contributed by atoms with Crippen LogP contribution in [0.5, 0.6) is 0 Å². The lowest BCUT2D eigenvalue weighted by Gasteiger charge is -2.25. The van der Waals surface area contributed by atoms with Gasteiger partial charge in [-0.3, -0.25) is 4.98 Å². The Morgan fingerprint density at radius 3 is 2.65 bits per heavy atom. The summed E-state index contributed by atoms with van der Waals surface area (Å²) in [5.41, 5.74) is 9.00. The maximum atomic E-state index is 6.39. The van der Waals surface area contributed by atoms with E-state index >= 15 is 0 Å². The van der Waals surface area contributed by atoms with Crippen LogP contribution in [-0.4, -0.2) is 4.98 Å². The van der Waals surface area contributed by atoms with Crippen LogP contribution in [0.25, 0.3) is 10.9 Å². The molecule has 20 heavy (non-hydrogen) atoms. The summed E-state index contributed by atoms with van der Waals surface area (Å²) < 4.78 is 0. The number of benzene rings is 1. The Balaban J connectivity index is 2.09. The quantitative estimate of drug-likeness (QED) is 0.874. The third-order valence-electron chi connectivity index (χ3n) is 3.67. The van der Waals surface area contributed by atoms with Crippen LogP contribution < -0.4 is 5.73 Å². The van der Waals surface area contributed by atoms with Gasteiger partial charge in [0.2, 0.25) is 0 Å².